The van der Waals surface area contributed by atoms with E-state index in [1.54, 1.807) is 18.2 Å². The molecule has 9 heteroatoms. The summed E-state index contributed by atoms with van der Waals surface area (Å²) < 4.78 is 23.8. The maximum Gasteiger partial charge on any atom is 0.412 e. The minimum absolute atomic E-state index is 0.129. The van der Waals surface area contributed by atoms with Crippen LogP contribution in [-0.4, -0.2) is 33.2 Å². The first-order valence-electron chi connectivity index (χ1n) is 8.48. The lowest BCUT2D eigenvalue weighted by Crippen LogP contribution is -2.43. The highest BCUT2D eigenvalue weighted by atomic mass is 19.1. The summed E-state index contributed by atoms with van der Waals surface area (Å²) >= 11 is 0. The van der Waals surface area contributed by atoms with Crippen LogP contribution in [0.2, 0.25) is 0 Å². The van der Waals surface area contributed by atoms with Crippen molar-refractivity contribution in [1.29, 1.82) is 0 Å². The summed E-state index contributed by atoms with van der Waals surface area (Å²) in [6.45, 7) is 5.47. The fourth-order valence-electron chi connectivity index (χ4n) is 2.72. The number of amides is 1. The number of primary amides is 1. The zero-order valence-corrected chi connectivity index (χ0v) is 15.6. The van der Waals surface area contributed by atoms with Crippen LogP contribution in [0.15, 0.2) is 24.4 Å². The number of rotatable bonds is 8. The summed E-state index contributed by atoms with van der Waals surface area (Å²) in [4.78, 5) is 22.8. The van der Waals surface area contributed by atoms with Gasteiger partial charge >= 0.3 is 12.1 Å². The molecule has 146 valence electrons. The first kappa shape index (κ1) is 20.5. The van der Waals surface area contributed by atoms with Crippen molar-refractivity contribution >= 4 is 6.09 Å². The molecule has 0 bridgehead atoms. The Morgan fingerprint density at radius 1 is 1.26 bits per heavy atom. The van der Waals surface area contributed by atoms with Crippen LogP contribution in [0.25, 0.3) is 11.4 Å². The Kier molecular flexibility index (Phi) is 6.62. The van der Waals surface area contributed by atoms with Gasteiger partial charge in [-0.15, -0.1) is 0 Å². The van der Waals surface area contributed by atoms with Crippen molar-refractivity contribution in [2.75, 3.05) is 6.61 Å². The third-order valence-electron chi connectivity index (χ3n) is 3.58. The monoisotopic (exact) mass is 377 g/mol. The lowest BCUT2D eigenvalue weighted by molar-refractivity contribution is 0.203. The van der Waals surface area contributed by atoms with Gasteiger partial charge in [-0.3, -0.25) is 0 Å². The number of hydrogen-bond acceptors (Lipinski definition) is 7. The second-order valence-electron chi connectivity index (χ2n) is 6.96. The molecule has 0 spiro atoms. The lowest BCUT2D eigenvalue weighted by Gasteiger charge is -2.27. The summed E-state index contributed by atoms with van der Waals surface area (Å²) in [5.74, 6) is 0.740. The molecule has 4 N–H and O–H groups in total. The molecule has 2 heterocycles. The molecule has 0 saturated heterocycles. The smallest absolute Gasteiger partial charge is 0.412 e. The topological polar surface area (TPSA) is 126 Å². The highest BCUT2D eigenvalue weighted by Crippen LogP contribution is 2.25. The Morgan fingerprint density at radius 3 is 2.59 bits per heavy atom. The van der Waals surface area contributed by atoms with Gasteiger partial charge in [0.05, 0.1) is 11.4 Å². The molecule has 1 atom stereocenters. The molecule has 0 saturated carbocycles. The normalized spacial score (nSPS) is 13.3. The van der Waals surface area contributed by atoms with E-state index in [0.29, 0.717) is 23.1 Å². The predicted molar refractivity (Wildman–Crippen MR) is 97.8 cm³/mol. The Bertz CT molecular complexity index is 798. The Balaban J connectivity index is 2.20. The number of hydrogen-bond donors (Lipinski definition) is 2. The maximum absolute atomic E-state index is 13.5. The van der Waals surface area contributed by atoms with Gasteiger partial charge in [0, 0.05) is 11.7 Å². The van der Waals surface area contributed by atoms with Crippen molar-refractivity contribution in [3.63, 3.8) is 0 Å². The first-order chi connectivity index (χ1) is 12.7. The van der Waals surface area contributed by atoms with Crippen molar-refractivity contribution in [2.45, 2.75) is 39.4 Å². The van der Waals surface area contributed by atoms with Crippen molar-refractivity contribution in [2.24, 2.45) is 17.4 Å². The number of pyridine rings is 1. The van der Waals surface area contributed by atoms with Gasteiger partial charge < -0.3 is 20.9 Å². The van der Waals surface area contributed by atoms with E-state index in [2.05, 4.69) is 33.5 Å². The van der Waals surface area contributed by atoms with Crippen LogP contribution in [0.3, 0.4) is 0 Å². The van der Waals surface area contributed by atoms with E-state index in [1.807, 2.05) is 6.92 Å². The summed E-state index contributed by atoms with van der Waals surface area (Å²) in [6, 6.07) is 4.58. The maximum atomic E-state index is 13.5. The van der Waals surface area contributed by atoms with E-state index in [4.69, 9.17) is 16.2 Å². The zero-order valence-electron chi connectivity index (χ0n) is 15.6. The van der Waals surface area contributed by atoms with E-state index < -0.39 is 18.3 Å². The molecule has 0 aliphatic rings. The molecule has 0 unspecified atom stereocenters. The number of carbonyl (C=O) groups excluding carboxylic acids is 1. The molecule has 1 amide bonds. The van der Waals surface area contributed by atoms with Crippen molar-refractivity contribution in [3.05, 3.63) is 30.1 Å². The number of carbonyl (C=O) groups is 1. The highest BCUT2D eigenvalue weighted by Gasteiger charge is 2.22. The summed E-state index contributed by atoms with van der Waals surface area (Å²) in [7, 11) is 0. The molecule has 8 nitrogen and oxygen atoms in total. The lowest BCUT2D eigenvalue weighted by atomic mass is 9.93. The SMILES string of the molecule is CC(C)C[C@](C)(N)COc1ccc(-c2ccnc(OC(N)=O)n2)nc1CF. The molecule has 2 rings (SSSR count). The van der Waals surface area contributed by atoms with Gasteiger partial charge in [0.1, 0.15) is 24.7 Å². The number of ether oxygens (including phenoxy) is 2. The minimum Gasteiger partial charge on any atom is -0.490 e. The fourth-order valence-corrected chi connectivity index (χ4v) is 2.72. The van der Waals surface area contributed by atoms with Gasteiger partial charge in [0.25, 0.3) is 0 Å². The van der Waals surface area contributed by atoms with E-state index in [1.165, 1.54) is 6.20 Å². The van der Waals surface area contributed by atoms with Crippen LogP contribution in [0.1, 0.15) is 32.9 Å². The van der Waals surface area contributed by atoms with E-state index in [0.717, 1.165) is 6.42 Å². The molecule has 2 aromatic rings. The minimum atomic E-state index is -1.03. The summed E-state index contributed by atoms with van der Waals surface area (Å²) in [5.41, 5.74) is 11.5. The Labute approximate surface area is 157 Å². The summed E-state index contributed by atoms with van der Waals surface area (Å²) in [5, 5.41) is 0. The molecule has 2 aromatic heterocycles. The van der Waals surface area contributed by atoms with Gasteiger partial charge in [-0.25, -0.2) is 19.2 Å². The van der Waals surface area contributed by atoms with Gasteiger partial charge in [-0.2, -0.15) is 4.98 Å². The van der Waals surface area contributed by atoms with Crippen molar-refractivity contribution in [1.82, 2.24) is 15.0 Å². The summed E-state index contributed by atoms with van der Waals surface area (Å²) in [6.07, 6.45) is 1.13. The zero-order chi connectivity index (χ0) is 20.0. The van der Waals surface area contributed by atoms with Crippen LogP contribution in [0.4, 0.5) is 9.18 Å². The quantitative estimate of drug-likeness (QED) is 0.724. The third kappa shape index (κ3) is 6.14. The van der Waals surface area contributed by atoms with Crippen LogP contribution in [0, 0.1) is 5.92 Å². The van der Waals surface area contributed by atoms with Crippen LogP contribution in [0.5, 0.6) is 11.8 Å². The van der Waals surface area contributed by atoms with Gasteiger partial charge in [-0.05, 0) is 37.5 Å². The van der Waals surface area contributed by atoms with Crippen LogP contribution in [-0.2, 0) is 6.67 Å². The second-order valence-corrected chi connectivity index (χ2v) is 6.96. The van der Waals surface area contributed by atoms with Crippen molar-refractivity contribution in [3.8, 4) is 23.1 Å². The number of alkyl halides is 1. The van der Waals surface area contributed by atoms with Crippen LogP contribution < -0.4 is 20.9 Å². The van der Waals surface area contributed by atoms with Crippen LogP contribution >= 0.6 is 0 Å². The van der Waals surface area contributed by atoms with E-state index in [9.17, 15) is 9.18 Å². The largest absolute Gasteiger partial charge is 0.490 e. The average Bonchev–Trinajstić information content (AvgIpc) is 2.58. The molecule has 0 radical (unpaired) electrons. The number of aromatic nitrogens is 3. The van der Waals surface area contributed by atoms with Gasteiger partial charge in [-0.1, -0.05) is 13.8 Å². The Hall–Kier alpha value is -2.81. The number of halogens is 1. The van der Waals surface area contributed by atoms with Gasteiger partial charge in [0.15, 0.2) is 0 Å². The standard InChI is InChI=1S/C18H24FN5O3/c1-11(2)8-18(3,21)10-26-15-5-4-12(23-14(15)9-19)13-6-7-22-17(24-13)27-16(20)25/h4-7,11H,8-10,21H2,1-3H3,(H2,20,25)/t18-/m0/s1. The number of nitrogens with two attached hydrogens (primary N) is 2. The number of nitrogens with zero attached hydrogens (tertiary/aromatic N) is 3. The molecule has 0 fully saturated rings. The third-order valence-corrected chi connectivity index (χ3v) is 3.58. The fraction of sp³-hybridized carbons (Fsp3) is 0.444. The Morgan fingerprint density at radius 2 is 1.96 bits per heavy atom. The van der Waals surface area contributed by atoms with Gasteiger partial charge in [0.2, 0.25) is 0 Å². The second kappa shape index (κ2) is 8.72. The molecule has 0 aliphatic carbocycles. The highest BCUT2D eigenvalue weighted by molar-refractivity contribution is 5.67. The molecule has 0 aliphatic heterocycles. The average molecular weight is 377 g/mol. The van der Waals surface area contributed by atoms with E-state index >= 15 is 0 Å². The predicted octanol–water partition coefficient (Wildman–Crippen LogP) is 2.61. The first-order valence-corrected chi connectivity index (χ1v) is 8.48. The molecular formula is C18H24FN5O3. The van der Waals surface area contributed by atoms with Crippen molar-refractivity contribution < 1.29 is 18.7 Å². The van der Waals surface area contributed by atoms with E-state index in [-0.39, 0.29) is 18.3 Å². The molecule has 0 aromatic carbocycles. The molecular weight excluding hydrogens is 353 g/mol. The molecule has 27 heavy (non-hydrogen) atoms.